The second-order valence-corrected chi connectivity index (χ2v) is 7.24. The van der Waals surface area contributed by atoms with Gasteiger partial charge in [0.05, 0.1) is 5.69 Å². The van der Waals surface area contributed by atoms with Crippen molar-refractivity contribution >= 4 is 11.7 Å². The second kappa shape index (κ2) is 6.07. The van der Waals surface area contributed by atoms with Crippen LogP contribution in [0, 0.1) is 5.92 Å². The number of amides is 1. The number of likely N-dealkylation sites (N-methyl/N-ethyl adjacent to an activating group) is 1. The summed E-state index contributed by atoms with van der Waals surface area (Å²) < 4.78 is 0. The predicted octanol–water partition coefficient (Wildman–Crippen LogP) is 0.612. The van der Waals surface area contributed by atoms with Crippen molar-refractivity contribution in [3.05, 3.63) is 17.3 Å². The molecule has 0 saturated carbocycles. The van der Waals surface area contributed by atoms with Gasteiger partial charge in [-0.15, -0.1) is 5.10 Å². The Morgan fingerprint density at radius 1 is 1.30 bits per heavy atom. The maximum Gasteiger partial charge on any atom is 0.220 e. The maximum absolute atomic E-state index is 11.2. The topological polar surface area (TPSA) is 61.4 Å². The van der Waals surface area contributed by atoms with Gasteiger partial charge in [-0.3, -0.25) is 9.69 Å². The molecule has 23 heavy (non-hydrogen) atoms. The number of carbonyl (C=O) groups excluding carboxylic acids is 1. The van der Waals surface area contributed by atoms with Crippen LogP contribution in [0.25, 0.3) is 0 Å². The first-order valence-corrected chi connectivity index (χ1v) is 8.76. The van der Waals surface area contributed by atoms with E-state index in [0.29, 0.717) is 18.4 Å². The molecule has 6 nitrogen and oxygen atoms in total. The largest absolute Gasteiger partial charge is 0.356 e. The Morgan fingerprint density at radius 3 is 2.96 bits per heavy atom. The lowest BCUT2D eigenvalue weighted by atomic mass is 9.97. The van der Waals surface area contributed by atoms with E-state index in [0.717, 1.165) is 51.3 Å². The van der Waals surface area contributed by atoms with Gasteiger partial charge in [0, 0.05) is 38.6 Å². The fraction of sp³-hybridized carbons (Fsp3) is 0.706. The summed E-state index contributed by atoms with van der Waals surface area (Å²) in [7, 11) is 2.20. The Labute approximate surface area is 137 Å². The van der Waals surface area contributed by atoms with Crippen molar-refractivity contribution in [1.29, 1.82) is 0 Å². The van der Waals surface area contributed by atoms with E-state index in [2.05, 4.69) is 38.4 Å². The second-order valence-electron chi connectivity index (χ2n) is 7.24. The van der Waals surface area contributed by atoms with E-state index in [4.69, 9.17) is 0 Å². The van der Waals surface area contributed by atoms with E-state index >= 15 is 0 Å². The minimum absolute atomic E-state index is 0.203. The highest BCUT2D eigenvalue weighted by molar-refractivity contribution is 5.76. The fourth-order valence-electron chi connectivity index (χ4n) is 3.89. The standard InChI is InChI=1S/C17H25N5O/c1-21(9-12-5-6-17(23)18-8-12)14-10-22(11-14)16-7-13-3-2-4-15(13)19-20-16/h7,12,14H,2-6,8-11H2,1H3,(H,18,23). The number of piperidine rings is 1. The molecule has 1 aromatic heterocycles. The van der Waals surface area contributed by atoms with Gasteiger partial charge in [-0.2, -0.15) is 5.10 Å². The number of aromatic nitrogens is 2. The number of hydrogen-bond acceptors (Lipinski definition) is 5. The van der Waals surface area contributed by atoms with Gasteiger partial charge in [-0.05, 0) is 50.3 Å². The van der Waals surface area contributed by atoms with Crippen molar-refractivity contribution < 1.29 is 4.79 Å². The third-order valence-corrected chi connectivity index (χ3v) is 5.53. The Morgan fingerprint density at radius 2 is 2.17 bits per heavy atom. The molecule has 2 fully saturated rings. The number of nitrogens with zero attached hydrogens (tertiary/aromatic N) is 4. The highest BCUT2D eigenvalue weighted by Gasteiger charge is 2.33. The smallest absolute Gasteiger partial charge is 0.220 e. The van der Waals surface area contributed by atoms with Crippen LogP contribution in [0.4, 0.5) is 5.82 Å². The van der Waals surface area contributed by atoms with Gasteiger partial charge >= 0.3 is 0 Å². The molecule has 1 atom stereocenters. The zero-order valence-electron chi connectivity index (χ0n) is 13.8. The Hall–Kier alpha value is -1.69. The van der Waals surface area contributed by atoms with Crippen LogP contribution >= 0.6 is 0 Å². The summed E-state index contributed by atoms with van der Waals surface area (Å²) in [6, 6.07) is 2.82. The average Bonchev–Trinajstić information content (AvgIpc) is 2.96. The minimum Gasteiger partial charge on any atom is -0.356 e. The van der Waals surface area contributed by atoms with Crippen LogP contribution < -0.4 is 10.2 Å². The highest BCUT2D eigenvalue weighted by atomic mass is 16.1. The van der Waals surface area contributed by atoms with E-state index in [1.807, 2.05) is 0 Å². The summed E-state index contributed by atoms with van der Waals surface area (Å²) >= 11 is 0. The number of fused-ring (bicyclic) bond motifs is 1. The van der Waals surface area contributed by atoms with E-state index in [-0.39, 0.29) is 5.91 Å². The molecule has 0 radical (unpaired) electrons. The lowest BCUT2D eigenvalue weighted by Gasteiger charge is -2.45. The molecule has 6 heteroatoms. The molecule has 124 valence electrons. The predicted molar refractivity (Wildman–Crippen MR) is 88.4 cm³/mol. The first-order valence-electron chi connectivity index (χ1n) is 8.76. The molecule has 2 saturated heterocycles. The summed E-state index contributed by atoms with van der Waals surface area (Å²) in [6.07, 6.45) is 5.16. The number of carbonyl (C=O) groups is 1. The number of rotatable bonds is 4. The summed E-state index contributed by atoms with van der Waals surface area (Å²) in [6.45, 7) is 3.96. The van der Waals surface area contributed by atoms with Crippen LogP contribution in [-0.2, 0) is 17.6 Å². The number of anilines is 1. The van der Waals surface area contributed by atoms with Crippen LogP contribution in [-0.4, -0.2) is 60.3 Å². The van der Waals surface area contributed by atoms with Gasteiger partial charge in [-0.25, -0.2) is 0 Å². The molecule has 3 heterocycles. The molecule has 1 amide bonds. The molecule has 2 aliphatic heterocycles. The van der Waals surface area contributed by atoms with E-state index in [1.165, 1.54) is 17.7 Å². The van der Waals surface area contributed by atoms with Crippen molar-refractivity contribution in [2.24, 2.45) is 5.92 Å². The molecule has 0 spiro atoms. The molecule has 4 rings (SSSR count). The Bertz CT molecular complexity index is 589. The maximum atomic E-state index is 11.2. The van der Waals surface area contributed by atoms with E-state index in [1.54, 1.807) is 0 Å². The number of hydrogen-bond donors (Lipinski definition) is 1. The monoisotopic (exact) mass is 315 g/mol. The van der Waals surface area contributed by atoms with Crippen LogP contribution in [0.15, 0.2) is 6.07 Å². The summed E-state index contributed by atoms with van der Waals surface area (Å²) in [5.74, 6) is 1.83. The van der Waals surface area contributed by atoms with Gasteiger partial charge in [-0.1, -0.05) is 0 Å². The molecule has 1 N–H and O–H groups in total. The number of aryl methyl sites for hydroxylation is 2. The molecular formula is C17H25N5O. The quantitative estimate of drug-likeness (QED) is 0.882. The van der Waals surface area contributed by atoms with E-state index < -0.39 is 0 Å². The average molecular weight is 315 g/mol. The first-order chi connectivity index (χ1) is 11.2. The van der Waals surface area contributed by atoms with Crippen molar-refractivity contribution in [1.82, 2.24) is 20.4 Å². The van der Waals surface area contributed by atoms with Gasteiger partial charge in [0.15, 0.2) is 5.82 Å². The van der Waals surface area contributed by atoms with E-state index in [9.17, 15) is 4.79 Å². The minimum atomic E-state index is 0.203. The highest BCUT2D eigenvalue weighted by Crippen LogP contribution is 2.26. The van der Waals surface area contributed by atoms with Gasteiger partial charge < -0.3 is 10.2 Å². The van der Waals surface area contributed by atoms with Crippen LogP contribution in [0.5, 0.6) is 0 Å². The normalized spacial score (nSPS) is 24.5. The summed E-state index contributed by atoms with van der Waals surface area (Å²) in [5.41, 5.74) is 2.59. The Kier molecular flexibility index (Phi) is 3.93. The van der Waals surface area contributed by atoms with Crippen molar-refractivity contribution in [3.8, 4) is 0 Å². The zero-order chi connectivity index (χ0) is 15.8. The molecule has 1 unspecified atom stereocenters. The van der Waals surface area contributed by atoms with Gasteiger partial charge in [0.1, 0.15) is 0 Å². The SMILES string of the molecule is CN(CC1CCC(=O)NC1)C1CN(c2cc3c(nn2)CCC3)C1. The van der Waals surface area contributed by atoms with Crippen molar-refractivity contribution in [3.63, 3.8) is 0 Å². The molecule has 1 aromatic rings. The van der Waals surface area contributed by atoms with Gasteiger partial charge in [0.2, 0.25) is 5.91 Å². The van der Waals surface area contributed by atoms with Crippen LogP contribution in [0.3, 0.4) is 0 Å². The van der Waals surface area contributed by atoms with Crippen LogP contribution in [0.1, 0.15) is 30.5 Å². The molecule has 1 aliphatic carbocycles. The molecule has 3 aliphatic rings. The lowest BCUT2D eigenvalue weighted by Crippen LogP contribution is -2.60. The van der Waals surface area contributed by atoms with Crippen molar-refractivity contribution in [2.45, 2.75) is 38.1 Å². The van der Waals surface area contributed by atoms with Gasteiger partial charge in [0.25, 0.3) is 0 Å². The van der Waals surface area contributed by atoms with Crippen LogP contribution in [0.2, 0.25) is 0 Å². The molecule has 0 bridgehead atoms. The lowest BCUT2D eigenvalue weighted by molar-refractivity contribution is -0.123. The fourth-order valence-corrected chi connectivity index (χ4v) is 3.89. The summed E-state index contributed by atoms with van der Waals surface area (Å²) in [5, 5.41) is 11.8. The van der Waals surface area contributed by atoms with Crippen molar-refractivity contribution in [2.75, 3.05) is 38.1 Å². The number of nitrogens with one attached hydrogen (secondary N) is 1. The molecular weight excluding hydrogens is 290 g/mol. The zero-order valence-corrected chi connectivity index (χ0v) is 13.8. The summed E-state index contributed by atoms with van der Waals surface area (Å²) in [4.78, 5) is 16.0. The third kappa shape index (κ3) is 3.04. The third-order valence-electron chi connectivity index (χ3n) is 5.53. The molecule has 0 aromatic carbocycles. The Balaban J connectivity index is 1.28. The first kappa shape index (κ1) is 14.9.